The molecule has 3 heterocycles. The van der Waals surface area contributed by atoms with Crippen molar-refractivity contribution in [2.45, 2.75) is 33.2 Å². The second kappa shape index (κ2) is 8.21. The molecule has 29 heavy (non-hydrogen) atoms. The summed E-state index contributed by atoms with van der Waals surface area (Å²) < 4.78 is 5.54. The van der Waals surface area contributed by atoms with E-state index in [1.54, 1.807) is 4.90 Å². The molecule has 4 rings (SSSR count). The Labute approximate surface area is 173 Å². The first kappa shape index (κ1) is 19.4. The third-order valence-electron chi connectivity index (χ3n) is 4.98. The Morgan fingerprint density at radius 2 is 1.93 bits per heavy atom. The van der Waals surface area contributed by atoms with Crippen molar-refractivity contribution in [3.63, 3.8) is 0 Å². The average Bonchev–Trinajstić information content (AvgIpc) is 3.40. The van der Waals surface area contributed by atoms with Crippen molar-refractivity contribution >= 4 is 28.3 Å². The van der Waals surface area contributed by atoms with Gasteiger partial charge in [0.2, 0.25) is 0 Å². The van der Waals surface area contributed by atoms with E-state index in [1.807, 2.05) is 61.2 Å². The molecule has 7 heteroatoms. The zero-order valence-electron chi connectivity index (χ0n) is 16.6. The first-order valence-corrected chi connectivity index (χ1v) is 10.5. The Kier molecular flexibility index (Phi) is 5.49. The number of urea groups is 1. The number of carbonyl (C=O) groups excluding carboxylic acids is 2. The Morgan fingerprint density at radius 3 is 2.66 bits per heavy atom. The summed E-state index contributed by atoms with van der Waals surface area (Å²) >= 11 is 1.30. The van der Waals surface area contributed by atoms with Gasteiger partial charge in [-0.2, -0.15) is 0 Å². The summed E-state index contributed by atoms with van der Waals surface area (Å²) in [7, 11) is 0. The van der Waals surface area contributed by atoms with E-state index in [-0.39, 0.29) is 11.8 Å². The van der Waals surface area contributed by atoms with E-state index >= 15 is 0 Å². The number of nitrogens with zero attached hydrogens (tertiary/aromatic N) is 3. The Hall–Kier alpha value is -2.93. The number of amides is 2. The minimum absolute atomic E-state index is 0.0353. The molecule has 1 aliphatic rings. The van der Waals surface area contributed by atoms with Crippen molar-refractivity contribution in [3.05, 3.63) is 70.1 Å². The van der Waals surface area contributed by atoms with Crippen LogP contribution < -0.4 is 4.90 Å². The van der Waals surface area contributed by atoms with Crippen molar-refractivity contribution in [1.29, 1.82) is 0 Å². The fraction of sp³-hybridized carbons (Fsp3) is 0.318. The fourth-order valence-electron chi connectivity index (χ4n) is 3.44. The highest BCUT2D eigenvalue weighted by Gasteiger charge is 2.32. The SMILES string of the molecule is Cc1ccc(CCC(=O)c2sc(N3CCN(Cc4ccccc4)C3=O)nc2C)o1. The van der Waals surface area contributed by atoms with Crippen LogP contribution >= 0.6 is 11.3 Å². The number of hydrogen-bond acceptors (Lipinski definition) is 5. The minimum atomic E-state index is -0.0623. The average molecular weight is 410 g/mol. The molecular weight excluding hydrogens is 386 g/mol. The number of aryl methyl sites for hydroxylation is 3. The number of Topliss-reactive ketones (excluding diaryl/α,β-unsaturated/α-hetero) is 1. The molecule has 1 saturated heterocycles. The molecule has 0 unspecified atom stereocenters. The number of furan rings is 1. The van der Waals surface area contributed by atoms with Gasteiger partial charge in [0.1, 0.15) is 11.5 Å². The molecule has 0 aliphatic carbocycles. The molecule has 0 N–H and O–H groups in total. The molecule has 0 radical (unpaired) electrons. The molecule has 1 aromatic carbocycles. The molecule has 1 fully saturated rings. The maximum atomic E-state index is 12.8. The highest BCUT2D eigenvalue weighted by molar-refractivity contribution is 7.17. The van der Waals surface area contributed by atoms with Crippen LogP contribution in [0.5, 0.6) is 0 Å². The number of benzene rings is 1. The summed E-state index contributed by atoms with van der Waals surface area (Å²) in [6.07, 6.45) is 0.927. The number of carbonyl (C=O) groups is 2. The second-order valence-corrected chi connectivity index (χ2v) is 8.17. The maximum Gasteiger partial charge on any atom is 0.326 e. The van der Waals surface area contributed by atoms with Crippen molar-refractivity contribution in [2.75, 3.05) is 18.0 Å². The lowest BCUT2D eigenvalue weighted by Crippen LogP contribution is -2.31. The summed E-state index contributed by atoms with van der Waals surface area (Å²) in [5.41, 5.74) is 1.78. The third kappa shape index (κ3) is 4.24. The molecule has 2 amide bonds. The molecule has 3 aromatic rings. The number of anilines is 1. The van der Waals surface area contributed by atoms with E-state index in [0.29, 0.717) is 48.2 Å². The topological polar surface area (TPSA) is 66.7 Å². The van der Waals surface area contributed by atoms with Crippen molar-refractivity contribution in [2.24, 2.45) is 0 Å². The number of hydrogen-bond donors (Lipinski definition) is 0. The second-order valence-electron chi connectivity index (χ2n) is 7.19. The van der Waals surface area contributed by atoms with Crippen LogP contribution in [-0.2, 0) is 13.0 Å². The lowest BCUT2D eigenvalue weighted by atomic mass is 10.1. The highest BCUT2D eigenvalue weighted by Crippen LogP contribution is 2.30. The van der Waals surface area contributed by atoms with Gasteiger partial charge in [0.05, 0.1) is 10.6 Å². The molecular formula is C22H23N3O3S. The van der Waals surface area contributed by atoms with E-state index in [2.05, 4.69) is 4.98 Å². The summed E-state index contributed by atoms with van der Waals surface area (Å²) in [6, 6.07) is 13.7. The molecule has 150 valence electrons. The molecule has 2 aromatic heterocycles. The van der Waals surface area contributed by atoms with Gasteiger partial charge in [0.25, 0.3) is 0 Å². The third-order valence-corrected chi connectivity index (χ3v) is 6.20. The molecule has 0 saturated carbocycles. The smallest absolute Gasteiger partial charge is 0.326 e. The monoisotopic (exact) mass is 409 g/mol. The van der Waals surface area contributed by atoms with E-state index in [0.717, 1.165) is 17.1 Å². The minimum Gasteiger partial charge on any atom is -0.466 e. The van der Waals surface area contributed by atoms with Crippen LogP contribution in [0.1, 0.15) is 38.9 Å². The quantitative estimate of drug-likeness (QED) is 0.535. The lowest BCUT2D eigenvalue weighted by Gasteiger charge is -2.16. The van der Waals surface area contributed by atoms with Gasteiger partial charge < -0.3 is 9.32 Å². The summed E-state index contributed by atoms with van der Waals surface area (Å²) in [4.78, 5) is 34.1. The molecule has 1 aliphatic heterocycles. The van der Waals surface area contributed by atoms with Gasteiger partial charge in [-0.3, -0.25) is 9.69 Å². The van der Waals surface area contributed by atoms with E-state index in [9.17, 15) is 9.59 Å². The van der Waals surface area contributed by atoms with E-state index < -0.39 is 0 Å². The van der Waals surface area contributed by atoms with Crippen LogP contribution in [0, 0.1) is 13.8 Å². The van der Waals surface area contributed by atoms with Gasteiger partial charge in [-0.25, -0.2) is 9.78 Å². The standard InChI is InChI=1S/C22H23N3O3S/c1-15-8-9-18(28-15)10-11-19(26)20-16(2)23-21(29-20)25-13-12-24(22(25)27)14-17-6-4-3-5-7-17/h3-9H,10-14H2,1-2H3. The predicted molar refractivity (Wildman–Crippen MR) is 113 cm³/mol. The largest absolute Gasteiger partial charge is 0.466 e. The van der Waals surface area contributed by atoms with Crippen molar-refractivity contribution in [1.82, 2.24) is 9.88 Å². The molecule has 0 spiro atoms. The van der Waals surface area contributed by atoms with Gasteiger partial charge in [-0.15, -0.1) is 0 Å². The van der Waals surface area contributed by atoms with Gasteiger partial charge >= 0.3 is 6.03 Å². The van der Waals surface area contributed by atoms with Gasteiger partial charge in [-0.1, -0.05) is 41.7 Å². The van der Waals surface area contributed by atoms with Crippen LogP contribution in [0.3, 0.4) is 0 Å². The van der Waals surface area contributed by atoms with Crippen LogP contribution in [0.25, 0.3) is 0 Å². The van der Waals surface area contributed by atoms with Gasteiger partial charge in [-0.05, 0) is 31.5 Å². The predicted octanol–water partition coefficient (Wildman–Crippen LogP) is 4.61. The lowest BCUT2D eigenvalue weighted by molar-refractivity contribution is 0.0984. The zero-order chi connectivity index (χ0) is 20.4. The highest BCUT2D eigenvalue weighted by atomic mass is 32.1. The zero-order valence-corrected chi connectivity index (χ0v) is 17.4. The van der Waals surface area contributed by atoms with Gasteiger partial charge in [0.15, 0.2) is 10.9 Å². The van der Waals surface area contributed by atoms with Crippen molar-refractivity contribution in [3.8, 4) is 0 Å². The summed E-state index contributed by atoms with van der Waals surface area (Å²) in [5.74, 6) is 1.69. The first-order chi connectivity index (χ1) is 14.0. The number of aromatic nitrogens is 1. The first-order valence-electron chi connectivity index (χ1n) is 9.67. The van der Waals surface area contributed by atoms with Crippen LogP contribution in [-0.4, -0.2) is 34.8 Å². The maximum absolute atomic E-state index is 12.8. The van der Waals surface area contributed by atoms with E-state index in [4.69, 9.17) is 4.42 Å². The Morgan fingerprint density at radius 1 is 1.14 bits per heavy atom. The van der Waals surface area contributed by atoms with Crippen LogP contribution in [0.15, 0.2) is 46.9 Å². The van der Waals surface area contributed by atoms with Crippen LogP contribution in [0.2, 0.25) is 0 Å². The van der Waals surface area contributed by atoms with Gasteiger partial charge in [0, 0.05) is 32.5 Å². The molecule has 0 bridgehead atoms. The normalized spacial score (nSPS) is 14.1. The number of rotatable bonds is 7. The Balaban J connectivity index is 1.42. The molecule has 0 atom stereocenters. The van der Waals surface area contributed by atoms with E-state index in [1.165, 1.54) is 11.3 Å². The van der Waals surface area contributed by atoms with Crippen molar-refractivity contribution < 1.29 is 14.0 Å². The summed E-state index contributed by atoms with van der Waals surface area (Å²) in [5, 5.41) is 0.597. The Bertz CT molecular complexity index is 1030. The molecule has 6 nitrogen and oxygen atoms in total. The summed E-state index contributed by atoms with van der Waals surface area (Å²) in [6.45, 7) is 5.52. The number of thiazole rings is 1. The number of ketones is 1. The van der Waals surface area contributed by atoms with Crippen LogP contribution in [0.4, 0.5) is 9.93 Å². The fourth-order valence-corrected chi connectivity index (χ4v) is 4.49.